The first kappa shape index (κ1) is 12.8. The van der Waals surface area contributed by atoms with Crippen molar-refractivity contribution in [1.82, 2.24) is 9.88 Å². The molecule has 0 saturated carbocycles. The Morgan fingerprint density at radius 3 is 3.22 bits per heavy atom. The summed E-state index contributed by atoms with van der Waals surface area (Å²) in [6, 6.07) is 3.32. The number of aromatic nitrogens is 1. The van der Waals surface area contributed by atoms with Gasteiger partial charge in [0.15, 0.2) is 0 Å². The Bertz CT molecular complexity index is 396. The van der Waals surface area contributed by atoms with E-state index in [-0.39, 0.29) is 18.1 Å². The summed E-state index contributed by atoms with van der Waals surface area (Å²) < 4.78 is 5.77. The minimum atomic E-state index is -0.387. The maximum atomic E-state index is 11.9. The highest BCUT2D eigenvalue weighted by molar-refractivity contribution is 5.81. The Morgan fingerprint density at radius 1 is 1.72 bits per heavy atom. The van der Waals surface area contributed by atoms with Crippen molar-refractivity contribution in [3.8, 4) is 5.75 Å². The summed E-state index contributed by atoms with van der Waals surface area (Å²) in [7, 11) is 0. The van der Waals surface area contributed by atoms with Gasteiger partial charge < -0.3 is 15.4 Å². The molecule has 0 radical (unpaired) electrons. The van der Waals surface area contributed by atoms with Gasteiger partial charge in [-0.15, -0.1) is 0 Å². The second-order valence-corrected chi connectivity index (χ2v) is 4.52. The number of ether oxygens (including phenoxy) is 1. The average molecular weight is 249 g/mol. The summed E-state index contributed by atoms with van der Waals surface area (Å²) in [5.74, 6) is 0.770. The lowest BCUT2D eigenvalue weighted by molar-refractivity contribution is -0.131. The number of hydrogen-bond donors (Lipinski definition) is 1. The molecule has 18 heavy (non-hydrogen) atoms. The second-order valence-electron chi connectivity index (χ2n) is 4.52. The predicted molar refractivity (Wildman–Crippen MR) is 68.1 cm³/mol. The smallest absolute Gasteiger partial charge is 0.239 e. The van der Waals surface area contributed by atoms with E-state index >= 15 is 0 Å². The molecule has 1 amide bonds. The van der Waals surface area contributed by atoms with Crippen LogP contribution in [0.15, 0.2) is 24.5 Å². The van der Waals surface area contributed by atoms with Gasteiger partial charge in [0.1, 0.15) is 11.9 Å². The van der Waals surface area contributed by atoms with Gasteiger partial charge >= 0.3 is 0 Å². The van der Waals surface area contributed by atoms with Crippen molar-refractivity contribution in [2.24, 2.45) is 5.73 Å². The van der Waals surface area contributed by atoms with E-state index in [2.05, 4.69) is 4.98 Å². The van der Waals surface area contributed by atoms with Crippen LogP contribution in [-0.2, 0) is 4.79 Å². The van der Waals surface area contributed by atoms with Crippen molar-refractivity contribution in [1.29, 1.82) is 0 Å². The molecule has 2 rings (SSSR count). The van der Waals surface area contributed by atoms with Crippen molar-refractivity contribution < 1.29 is 9.53 Å². The lowest BCUT2D eigenvalue weighted by atomic mass is 10.2. The first-order valence-electron chi connectivity index (χ1n) is 6.31. The number of nitrogens with zero attached hydrogens (tertiary/aromatic N) is 2. The molecule has 0 aliphatic carbocycles. The van der Waals surface area contributed by atoms with Gasteiger partial charge in [-0.2, -0.15) is 0 Å². The molecule has 1 aliphatic rings. The molecular weight excluding hydrogens is 230 g/mol. The van der Waals surface area contributed by atoms with Crippen LogP contribution >= 0.6 is 0 Å². The Kier molecular flexibility index (Phi) is 4.15. The largest absolute Gasteiger partial charge is 0.487 e. The van der Waals surface area contributed by atoms with E-state index in [1.165, 1.54) is 0 Å². The highest BCUT2D eigenvalue weighted by atomic mass is 16.5. The zero-order valence-electron chi connectivity index (χ0n) is 10.6. The zero-order chi connectivity index (χ0) is 13.0. The molecule has 1 aromatic rings. The Labute approximate surface area is 107 Å². The standard InChI is InChI=1S/C13H19N3O2/c1-2-12(14)13(17)16-7-5-11(9-16)18-10-4-3-6-15-8-10/h3-4,6,8,11-12H,2,5,7,9,14H2,1H3/t11-,12-/m1/s1. The molecule has 5 heteroatoms. The van der Waals surface area contributed by atoms with Crippen molar-refractivity contribution in [3.63, 3.8) is 0 Å². The monoisotopic (exact) mass is 249 g/mol. The van der Waals surface area contributed by atoms with Gasteiger partial charge in [0.05, 0.1) is 18.8 Å². The van der Waals surface area contributed by atoms with Crippen LogP contribution in [0.4, 0.5) is 0 Å². The Balaban J connectivity index is 1.87. The topological polar surface area (TPSA) is 68.5 Å². The summed E-state index contributed by atoms with van der Waals surface area (Å²) in [5.41, 5.74) is 5.75. The van der Waals surface area contributed by atoms with E-state index in [0.717, 1.165) is 18.7 Å². The first-order chi connectivity index (χ1) is 8.70. The number of nitrogens with two attached hydrogens (primary N) is 1. The molecule has 0 bridgehead atoms. The first-order valence-corrected chi connectivity index (χ1v) is 6.31. The number of pyridine rings is 1. The number of hydrogen-bond acceptors (Lipinski definition) is 4. The zero-order valence-corrected chi connectivity index (χ0v) is 10.6. The van der Waals surface area contributed by atoms with E-state index in [0.29, 0.717) is 13.0 Å². The molecule has 2 atom stereocenters. The third-order valence-corrected chi connectivity index (χ3v) is 3.15. The molecule has 1 fully saturated rings. The fourth-order valence-corrected chi connectivity index (χ4v) is 2.04. The fraction of sp³-hybridized carbons (Fsp3) is 0.538. The summed E-state index contributed by atoms with van der Waals surface area (Å²) in [6.45, 7) is 3.25. The molecule has 98 valence electrons. The molecular formula is C13H19N3O2. The summed E-state index contributed by atoms with van der Waals surface area (Å²) in [4.78, 5) is 17.7. The lowest BCUT2D eigenvalue weighted by Gasteiger charge is -2.20. The highest BCUT2D eigenvalue weighted by Gasteiger charge is 2.29. The molecule has 0 aromatic carbocycles. The lowest BCUT2D eigenvalue weighted by Crippen LogP contribution is -2.42. The molecule has 1 saturated heterocycles. The second kappa shape index (κ2) is 5.82. The van der Waals surface area contributed by atoms with Gasteiger partial charge in [0, 0.05) is 19.2 Å². The summed E-state index contributed by atoms with van der Waals surface area (Å²) >= 11 is 0. The number of amides is 1. The summed E-state index contributed by atoms with van der Waals surface area (Å²) in [6.07, 6.45) is 4.95. The van der Waals surface area contributed by atoms with E-state index in [1.54, 1.807) is 17.3 Å². The van der Waals surface area contributed by atoms with E-state index in [4.69, 9.17) is 10.5 Å². The number of rotatable bonds is 4. The van der Waals surface area contributed by atoms with E-state index in [9.17, 15) is 4.79 Å². The highest BCUT2D eigenvalue weighted by Crippen LogP contribution is 2.17. The Hall–Kier alpha value is -1.62. The minimum absolute atomic E-state index is 0.0230. The number of carbonyl (C=O) groups excluding carboxylic acids is 1. The van der Waals surface area contributed by atoms with Crippen molar-refractivity contribution >= 4 is 5.91 Å². The van der Waals surface area contributed by atoms with Gasteiger partial charge in [0.25, 0.3) is 0 Å². The van der Waals surface area contributed by atoms with Crippen molar-refractivity contribution in [2.45, 2.75) is 31.9 Å². The third kappa shape index (κ3) is 2.98. The van der Waals surface area contributed by atoms with Crippen LogP contribution in [0.2, 0.25) is 0 Å². The van der Waals surface area contributed by atoms with Gasteiger partial charge in [-0.3, -0.25) is 9.78 Å². The minimum Gasteiger partial charge on any atom is -0.487 e. The van der Waals surface area contributed by atoms with Crippen LogP contribution in [0, 0.1) is 0 Å². The van der Waals surface area contributed by atoms with Crippen LogP contribution in [0.1, 0.15) is 19.8 Å². The maximum Gasteiger partial charge on any atom is 0.239 e. The van der Waals surface area contributed by atoms with Crippen LogP contribution < -0.4 is 10.5 Å². The van der Waals surface area contributed by atoms with E-state index in [1.807, 2.05) is 19.1 Å². The van der Waals surface area contributed by atoms with Crippen LogP contribution in [-0.4, -0.2) is 41.0 Å². The normalized spacial score (nSPS) is 20.8. The fourth-order valence-electron chi connectivity index (χ4n) is 2.04. The third-order valence-electron chi connectivity index (χ3n) is 3.15. The van der Waals surface area contributed by atoms with Crippen molar-refractivity contribution in [3.05, 3.63) is 24.5 Å². The molecule has 5 nitrogen and oxygen atoms in total. The molecule has 2 N–H and O–H groups in total. The summed E-state index contributed by atoms with van der Waals surface area (Å²) in [5, 5.41) is 0. The number of carbonyl (C=O) groups is 1. The number of likely N-dealkylation sites (tertiary alicyclic amines) is 1. The van der Waals surface area contributed by atoms with Gasteiger partial charge in [0.2, 0.25) is 5.91 Å². The maximum absolute atomic E-state index is 11.9. The van der Waals surface area contributed by atoms with Gasteiger partial charge in [-0.1, -0.05) is 6.92 Å². The molecule has 2 heterocycles. The molecule has 0 spiro atoms. The van der Waals surface area contributed by atoms with Crippen LogP contribution in [0.25, 0.3) is 0 Å². The van der Waals surface area contributed by atoms with E-state index < -0.39 is 0 Å². The molecule has 1 aromatic heterocycles. The van der Waals surface area contributed by atoms with Gasteiger partial charge in [-0.05, 0) is 18.6 Å². The average Bonchev–Trinajstić information content (AvgIpc) is 2.86. The predicted octanol–water partition coefficient (Wildman–Crippen LogP) is 0.799. The van der Waals surface area contributed by atoms with Gasteiger partial charge in [-0.25, -0.2) is 0 Å². The quantitative estimate of drug-likeness (QED) is 0.857. The van der Waals surface area contributed by atoms with Crippen LogP contribution in [0.5, 0.6) is 5.75 Å². The van der Waals surface area contributed by atoms with Crippen molar-refractivity contribution in [2.75, 3.05) is 13.1 Å². The SMILES string of the molecule is CC[C@@H](N)C(=O)N1CC[C@@H](Oc2cccnc2)C1. The Morgan fingerprint density at radius 2 is 2.56 bits per heavy atom. The molecule has 1 aliphatic heterocycles. The molecule has 0 unspecified atom stereocenters. The van der Waals surface area contributed by atoms with Crippen LogP contribution in [0.3, 0.4) is 0 Å².